The number of amides is 3. The number of fused-ring (bicyclic) bond motifs is 1. The Balaban J connectivity index is 1.85. The van der Waals surface area contributed by atoms with Gasteiger partial charge in [-0.05, 0) is 43.4 Å². The van der Waals surface area contributed by atoms with Gasteiger partial charge >= 0.3 is 15.5 Å². The van der Waals surface area contributed by atoms with Gasteiger partial charge in [0.2, 0.25) is 17.7 Å². The molecule has 1 saturated carbocycles. The molecule has 2 aliphatic heterocycles. The lowest BCUT2D eigenvalue weighted by Crippen LogP contribution is -2.59. The van der Waals surface area contributed by atoms with Gasteiger partial charge < -0.3 is 20.3 Å². The first kappa shape index (κ1) is 30.3. The van der Waals surface area contributed by atoms with Gasteiger partial charge in [0.05, 0.1) is 6.04 Å². The van der Waals surface area contributed by atoms with Crippen LogP contribution in [0, 0.1) is 23.7 Å². The predicted molar refractivity (Wildman–Crippen MR) is 128 cm³/mol. The number of carbonyl (C=O) groups is 4. The summed E-state index contributed by atoms with van der Waals surface area (Å²) in [6.45, 7) is 3.02. The lowest BCUT2D eigenvalue weighted by molar-refractivity contribution is -0.142. The summed E-state index contributed by atoms with van der Waals surface area (Å²) in [5.74, 6) is -4.02. The number of ketones is 1. The highest BCUT2D eigenvalue weighted by atomic mass is 32.2. The van der Waals surface area contributed by atoms with Gasteiger partial charge in [-0.15, -0.1) is 0 Å². The number of nitrogens with zero attached hydrogens (tertiary/aromatic N) is 1. The Hall–Kier alpha value is -2.26. The van der Waals surface area contributed by atoms with Crippen molar-refractivity contribution in [2.24, 2.45) is 23.7 Å². The Morgan fingerprint density at radius 2 is 1.87 bits per heavy atom. The third kappa shape index (κ3) is 6.47. The average molecular weight is 569 g/mol. The summed E-state index contributed by atoms with van der Waals surface area (Å²) in [6.07, 6.45) is 2.61. The third-order valence-electron chi connectivity index (χ3n) is 7.64. The summed E-state index contributed by atoms with van der Waals surface area (Å²) >= 11 is 0. The Labute approximate surface area is 219 Å². The van der Waals surface area contributed by atoms with E-state index in [4.69, 9.17) is 4.74 Å². The van der Waals surface area contributed by atoms with Crippen LogP contribution in [-0.2, 0) is 33.9 Å². The molecule has 0 spiro atoms. The number of halogens is 3. The van der Waals surface area contributed by atoms with E-state index in [1.165, 1.54) is 25.7 Å². The van der Waals surface area contributed by atoms with Crippen molar-refractivity contribution in [3.8, 4) is 0 Å². The van der Waals surface area contributed by atoms with Crippen LogP contribution in [0.5, 0.6) is 0 Å². The van der Waals surface area contributed by atoms with Crippen LogP contribution in [0.4, 0.5) is 13.2 Å². The smallest absolute Gasteiger partial charge is 0.377 e. The molecule has 0 aromatic rings. The molecule has 0 bridgehead atoms. The summed E-state index contributed by atoms with van der Waals surface area (Å²) in [4.78, 5) is 53.1. The highest BCUT2D eigenvalue weighted by Crippen LogP contribution is 2.43. The average Bonchev–Trinajstić information content (AvgIpc) is 3.52. The first-order valence-electron chi connectivity index (χ1n) is 12.7. The van der Waals surface area contributed by atoms with Crippen LogP contribution < -0.4 is 15.4 Å². The maximum Gasteiger partial charge on any atom is 0.511 e. The van der Waals surface area contributed by atoms with Crippen molar-refractivity contribution in [1.29, 1.82) is 0 Å². The molecule has 11 nitrogen and oxygen atoms in total. The molecule has 0 radical (unpaired) electrons. The Kier molecular flexibility index (Phi) is 9.45. The number of carbonyl (C=O) groups excluding carboxylic acids is 4. The zero-order valence-electron chi connectivity index (χ0n) is 21.5. The zero-order valence-corrected chi connectivity index (χ0v) is 22.4. The molecule has 216 valence electrons. The summed E-state index contributed by atoms with van der Waals surface area (Å²) in [5.41, 5.74) is -5.61. The van der Waals surface area contributed by atoms with Crippen molar-refractivity contribution >= 4 is 33.5 Å². The Morgan fingerprint density at radius 3 is 2.42 bits per heavy atom. The highest BCUT2D eigenvalue weighted by molar-refractivity contribution is 7.90. The molecule has 15 heteroatoms. The Morgan fingerprint density at radius 1 is 1.18 bits per heavy atom. The van der Waals surface area contributed by atoms with E-state index in [0.717, 1.165) is 11.3 Å². The number of Topliss-reactive ketones (excluding diaryl/α,β-unsaturated/α-hetero) is 1. The summed E-state index contributed by atoms with van der Waals surface area (Å²) in [5, 5.41) is 5.34. The molecule has 3 fully saturated rings. The second kappa shape index (κ2) is 11.9. The van der Waals surface area contributed by atoms with E-state index in [-0.39, 0.29) is 37.3 Å². The molecule has 3 amide bonds. The van der Waals surface area contributed by atoms with Crippen LogP contribution in [-0.4, -0.2) is 87.3 Å². The fourth-order valence-electron chi connectivity index (χ4n) is 5.68. The summed E-state index contributed by atoms with van der Waals surface area (Å²) in [7, 11) is -4.51. The number of nitrogens with one attached hydrogen (secondary N) is 3. The first-order chi connectivity index (χ1) is 17.7. The molecule has 3 rings (SSSR count). The maximum atomic E-state index is 13.6. The van der Waals surface area contributed by atoms with E-state index >= 15 is 0 Å². The van der Waals surface area contributed by atoms with Crippen LogP contribution in [0.25, 0.3) is 0 Å². The van der Waals surface area contributed by atoms with E-state index in [2.05, 4.69) is 10.6 Å². The third-order valence-corrected chi connectivity index (χ3v) is 8.81. The van der Waals surface area contributed by atoms with Crippen LogP contribution in [0.3, 0.4) is 0 Å². The molecule has 1 aliphatic carbocycles. The van der Waals surface area contributed by atoms with Gasteiger partial charge in [0.25, 0.3) is 0 Å². The van der Waals surface area contributed by atoms with E-state index in [0.29, 0.717) is 25.8 Å². The largest absolute Gasteiger partial charge is 0.511 e. The quantitative estimate of drug-likeness (QED) is 0.324. The van der Waals surface area contributed by atoms with Crippen molar-refractivity contribution in [2.75, 3.05) is 26.8 Å². The topological polar surface area (TPSA) is 151 Å². The summed E-state index contributed by atoms with van der Waals surface area (Å²) in [6, 6.07) is -3.91. The normalized spacial score (nSPS) is 27.2. The second-order valence-electron chi connectivity index (χ2n) is 10.6. The van der Waals surface area contributed by atoms with Crippen LogP contribution >= 0.6 is 0 Å². The molecular formula is C23H35F3N4O7S. The minimum Gasteiger partial charge on any atom is -0.377 e. The standard InChI is InChI=1S/C23H35F3N4O7S/c1-12(2)18(29-38(35,36)23(24,25)26)22(34)30-10-14-5-4-6-15(14)19(30)21(33)28-16(17(31)11-37-3)9-13-7-8-27-20(13)32/h12-16,18-19,29H,4-11H2,1-3H3,(H,27,32)(H,28,33)/t13-,14-,15-,16-,18-,19-/m0/s1. The number of likely N-dealkylation sites (tertiary alicyclic amines) is 1. The lowest BCUT2D eigenvalue weighted by Gasteiger charge is -2.33. The van der Waals surface area contributed by atoms with Gasteiger partial charge in [-0.25, -0.2) is 8.42 Å². The van der Waals surface area contributed by atoms with E-state index in [9.17, 15) is 40.8 Å². The van der Waals surface area contributed by atoms with Crippen LogP contribution in [0.1, 0.15) is 46.0 Å². The van der Waals surface area contributed by atoms with Gasteiger partial charge in [0, 0.05) is 26.1 Å². The van der Waals surface area contributed by atoms with Crippen molar-refractivity contribution < 1.29 is 45.5 Å². The number of alkyl halides is 3. The number of methoxy groups -OCH3 is 1. The van der Waals surface area contributed by atoms with Crippen molar-refractivity contribution in [3.63, 3.8) is 0 Å². The minimum atomic E-state index is -5.82. The number of ether oxygens (including phenoxy) is 1. The molecule has 38 heavy (non-hydrogen) atoms. The monoisotopic (exact) mass is 568 g/mol. The zero-order chi connectivity index (χ0) is 28.4. The minimum absolute atomic E-state index is 0.0362. The fraction of sp³-hybridized carbons (Fsp3) is 0.826. The fourth-order valence-corrected chi connectivity index (χ4v) is 6.52. The van der Waals surface area contributed by atoms with Crippen LogP contribution in [0.15, 0.2) is 0 Å². The van der Waals surface area contributed by atoms with Crippen molar-refractivity contribution in [1.82, 2.24) is 20.3 Å². The molecule has 0 unspecified atom stereocenters. The van der Waals surface area contributed by atoms with Crippen LogP contribution in [0.2, 0.25) is 0 Å². The first-order valence-corrected chi connectivity index (χ1v) is 14.1. The van der Waals surface area contributed by atoms with Gasteiger partial charge in [-0.1, -0.05) is 20.3 Å². The maximum absolute atomic E-state index is 13.6. The molecule has 0 aromatic heterocycles. The molecule has 2 saturated heterocycles. The number of hydrogen-bond acceptors (Lipinski definition) is 7. The SMILES string of the molecule is COCC(=O)[C@H](C[C@@H]1CCNC1=O)NC(=O)[C@@H]1[C@H]2CCC[C@H]2CN1C(=O)[C@@H](NS(=O)(=O)C(F)(F)F)C(C)C. The highest BCUT2D eigenvalue weighted by Gasteiger charge is 2.53. The number of rotatable bonds is 11. The van der Waals surface area contributed by atoms with E-state index < -0.39 is 63.1 Å². The van der Waals surface area contributed by atoms with Crippen molar-refractivity contribution in [2.45, 2.75) is 69.6 Å². The summed E-state index contributed by atoms with van der Waals surface area (Å²) < 4.78 is 69.2. The molecule has 3 aliphatic rings. The van der Waals surface area contributed by atoms with Crippen molar-refractivity contribution in [3.05, 3.63) is 0 Å². The second-order valence-corrected chi connectivity index (χ2v) is 12.3. The van der Waals surface area contributed by atoms with Gasteiger partial charge in [0.15, 0.2) is 5.78 Å². The molecule has 0 aromatic carbocycles. The number of hydrogen-bond donors (Lipinski definition) is 3. The van der Waals surface area contributed by atoms with Gasteiger partial charge in [-0.3, -0.25) is 19.2 Å². The number of sulfonamides is 1. The van der Waals surface area contributed by atoms with E-state index in [1.54, 1.807) is 0 Å². The van der Waals surface area contributed by atoms with Gasteiger partial charge in [0.1, 0.15) is 18.7 Å². The molecule has 6 atom stereocenters. The lowest BCUT2D eigenvalue weighted by atomic mass is 9.91. The predicted octanol–water partition coefficient (Wildman–Crippen LogP) is 0.304. The molecular weight excluding hydrogens is 533 g/mol. The Bertz CT molecular complexity index is 1040. The van der Waals surface area contributed by atoms with E-state index in [1.807, 2.05) is 0 Å². The molecule has 2 heterocycles. The molecule has 3 N–H and O–H groups in total. The van der Waals surface area contributed by atoms with Gasteiger partial charge in [-0.2, -0.15) is 17.9 Å².